The van der Waals surface area contributed by atoms with Crippen LogP contribution in [0, 0.1) is 5.41 Å². The molecule has 180 valence electrons. The van der Waals surface area contributed by atoms with Crippen LogP contribution in [-0.4, -0.2) is 80.2 Å². The van der Waals surface area contributed by atoms with Crippen molar-refractivity contribution in [2.75, 3.05) is 45.4 Å². The van der Waals surface area contributed by atoms with Gasteiger partial charge in [-0.2, -0.15) is 0 Å². The van der Waals surface area contributed by atoms with E-state index in [2.05, 4.69) is 41.0 Å². The molecular weight excluding hydrogens is 420 g/mol. The van der Waals surface area contributed by atoms with E-state index in [4.69, 9.17) is 14.2 Å². The van der Waals surface area contributed by atoms with Crippen molar-refractivity contribution in [1.29, 1.82) is 0 Å². The van der Waals surface area contributed by atoms with Crippen LogP contribution < -0.4 is 9.64 Å². The van der Waals surface area contributed by atoms with Crippen LogP contribution in [0.15, 0.2) is 30.4 Å². The largest absolute Gasteiger partial charge is 0.497 e. The number of nitrogens with zero attached hydrogens (tertiary/aromatic N) is 2. The van der Waals surface area contributed by atoms with Gasteiger partial charge in [0.1, 0.15) is 17.5 Å². The van der Waals surface area contributed by atoms with Gasteiger partial charge in [0.15, 0.2) is 0 Å². The molecule has 1 unspecified atom stereocenters. The highest BCUT2D eigenvalue weighted by Crippen LogP contribution is 2.67. The van der Waals surface area contributed by atoms with E-state index in [1.807, 2.05) is 20.0 Å². The number of hydrogen-bond acceptors (Lipinski definition) is 7. The van der Waals surface area contributed by atoms with Gasteiger partial charge >= 0.3 is 5.97 Å². The molecule has 1 aromatic rings. The number of carbonyl (C=O) groups excluding carboxylic acids is 1. The minimum Gasteiger partial charge on any atom is -0.497 e. The number of ether oxygens (including phenoxy) is 3. The van der Waals surface area contributed by atoms with E-state index >= 15 is 0 Å². The van der Waals surface area contributed by atoms with Gasteiger partial charge in [-0.1, -0.05) is 25.1 Å². The molecule has 2 fully saturated rings. The Morgan fingerprint density at radius 2 is 2.06 bits per heavy atom. The summed E-state index contributed by atoms with van der Waals surface area (Å²) >= 11 is 0. The molecular formula is C26H36N2O5. The van der Waals surface area contributed by atoms with Gasteiger partial charge in [0, 0.05) is 55.7 Å². The zero-order chi connectivity index (χ0) is 23.6. The molecule has 0 bridgehead atoms. The van der Waals surface area contributed by atoms with Crippen LogP contribution in [0.5, 0.6) is 5.75 Å². The van der Waals surface area contributed by atoms with Gasteiger partial charge in [0.25, 0.3) is 0 Å². The second-order valence-corrected chi connectivity index (χ2v) is 10.1. The number of anilines is 1. The highest BCUT2D eigenvalue weighted by Gasteiger charge is 2.77. The third kappa shape index (κ3) is 2.76. The lowest BCUT2D eigenvalue weighted by molar-refractivity contribution is -0.232. The summed E-state index contributed by atoms with van der Waals surface area (Å²) in [6, 6.07) is 6.08. The SMILES string of the molecule is CCOC[C@@]1(O)[C@H](OC(C)=O)[C@]2(CC)C=CCN3CC[C@@]4(c5ccc(OC)cc5N(C)[C@@H]14)C32. The third-order valence-corrected chi connectivity index (χ3v) is 8.75. The first-order chi connectivity index (χ1) is 15.8. The highest BCUT2D eigenvalue weighted by molar-refractivity contribution is 5.71. The predicted molar refractivity (Wildman–Crippen MR) is 126 cm³/mol. The van der Waals surface area contributed by atoms with E-state index in [0.717, 1.165) is 37.4 Å². The van der Waals surface area contributed by atoms with E-state index in [-0.39, 0.29) is 30.1 Å². The van der Waals surface area contributed by atoms with Crippen molar-refractivity contribution in [3.8, 4) is 5.75 Å². The molecule has 0 amide bonds. The van der Waals surface area contributed by atoms with Crippen LogP contribution >= 0.6 is 0 Å². The Labute approximate surface area is 196 Å². The fourth-order valence-electron chi connectivity index (χ4n) is 7.87. The number of methoxy groups -OCH3 is 1. The van der Waals surface area contributed by atoms with Crippen LogP contribution in [0.3, 0.4) is 0 Å². The number of benzene rings is 1. The summed E-state index contributed by atoms with van der Waals surface area (Å²) in [4.78, 5) is 17.1. The molecule has 1 spiro atoms. The van der Waals surface area contributed by atoms with Gasteiger partial charge in [-0.3, -0.25) is 9.69 Å². The normalized spacial score (nSPS) is 38.6. The molecule has 7 heteroatoms. The lowest BCUT2D eigenvalue weighted by atomic mass is 9.48. The van der Waals surface area contributed by atoms with Crippen molar-refractivity contribution < 1.29 is 24.1 Å². The van der Waals surface area contributed by atoms with E-state index in [9.17, 15) is 9.90 Å². The van der Waals surface area contributed by atoms with Gasteiger partial charge in [-0.25, -0.2) is 0 Å². The van der Waals surface area contributed by atoms with Crippen molar-refractivity contribution in [3.05, 3.63) is 35.9 Å². The summed E-state index contributed by atoms with van der Waals surface area (Å²) in [6.07, 6.45) is 5.36. The zero-order valence-corrected chi connectivity index (χ0v) is 20.3. The van der Waals surface area contributed by atoms with Crippen LogP contribution in [0.1, 0.15) is 39.2 Å². The van der Waals surface area contributed by atoms with E-state index in [1.54, 1.807) is 7.11 Å². The maximum absolute atomic E-state index is 12.7. The van der Waals surface area contributed by atoms with Crippen molar-refractivity contribution in [2.45, 2.75) is 62.8 Å². The Kier molecular flexibility index (Phi) is 5.31. The number of esters is 1. The molecule has 3 aliphatic heterocycles. The zero-order valence-electron chi connectivity index (χ0n) is 20.3. The number of carbonyl (C=O) groups is 1. The molecule has 1 aliphatic carbocycles. The number of aliphatic hydroxyl groups is 1. The Hall–Kier alpha value is -2.09. The fourth-order valence-corrected chi connectivity index (χ4v) is 7.87. The molecule has 33 heavy (non-hydrogen) atoms. The lowest BCUT2D eigenvalue weighted by Gasteiger charge is -2.64. The monoisotopic (exact) mass is 456 g/mol. The predicted octanol–water partition coefficient (Wildman–Crippen LogP) is 2.50. The Bertz CT molecular complexity index is 981. The van der Waals surface area contributed by atoms with Crippen molar-refractivity contribution >= 4 is 11.7 Å². The fraction of sp³-hybridized carbons (Fsp3) is 0.654. The minimum atomic E-state index is -1.40. The molecule has 3 heterocycles. The summed E-state index contributed by atoms with van der Waals surface area (Å²) in [5.74, 6) is 0.416. The average Bonchev–Trinajstić information content (AvgIpc) is 3.32. The molecule has 0 radical (unpaired) electrons. The topological polar surface area (TPSA) is 71.5 Å². The van der Waals surface area contributed by atoms with Gasteiger partial charge in [0.05, 0.1) is 19.8 Å². The Morgan fingerprint density at radius 1 is 1.27 bits per heavy atom. The first-order valence-electron chi connectivity index (χ1n) is 12.1. The van der Waals surface area contributed by atoms with Crippen molar-refractivity contribution in [3.63, 3.8) is 0 Å². The third-order valence-electron chi connectivity index (χ3n) is 8.75. The summed E-state index contributed by atoms with van der Waals surface area (Å²) in [5.41, 5.74) is 0.0734. The van der Waals surface area contributed by atoms with Crippen LogP contribution in [0.2, 0.25) is 0 Å². The quantitative estimate of drug-likeness (QED) is 0.521. The van der Waals surface area contributed by atoms with E-state index in [1.165, 1.54) is 12.5 Å². The number of fused-ring (bicyclic) bond motifs is 1. The van der Waals surface area contributed by atoms with Crippen molar-refractivity contribution in [1.82, 2.24) is 4.90 Å². The van der Waals surface area contributed by atoms with Crippen molar-refractivity contribution in [2.24, 2.45) is 5.41 Å². The average molecular weight is 457 g/mol. The minimum absolute atomic E-state index is 0.103. The number of likely N-dealkylation sites (N-methyl/N-ethyl adjacent to an activating group) is 1. The van der Waals surface area contributed by atoms with Crippen LogP contribution in [0.4, 0.5) is 5.69 Å². The van der Waals surface area contributed by atoms with Gasteiger partial charge in [0.2, 0.25) is 0 Å². The van der Waals surface area contributed by atoms with Crippen LogP contribution in [0.25, 0.3) is 0 Å². The van der Waals surface area contributed by atoms with Crippen LogP contribution in [-0.2, 0) is 19.7 Å². The standard InChI is InChI=1S/C26H36N2O5/c1-6-24-11-8-13-28-14-12-25(21(24)28)19-10-9-18(31-5)15-20(19)27(4)22(25)26(30,16-32-7-2)23(24)33-17(3)29/h8-11,15,21-23,30H,6-7,12-14,16H2,1-5H3/t21?,22-,23-,24-,25-,26+/m1/s1. The molecule has 5 rings (SSSR count). The van der Waals surface area contributed by atoms with E-state index < -0.39 is 17.1 Å². The lowest BCUT2D eigenvalue weighted by Crippen LogP contribution is -2.80. The first-order valence-corrected chi connectivity index (χ1v) is 12.1. The first kappa shape index (κ1) is 22.7. The smallest absolute Gasteiger partial charge is 0.303 e. The molecule has 1 saturated carbocycles. The van der Waals surface area contributed by atoms with Gasteiger partial charge in [-0.15, -0.1) is 0 Å². The maximum atomic E-state index is 12.7. The molecule has 1 saturated heterocycles. The number of rotatable bonds is 6. The Morgan fingerprint density at radius 3 is 2.73 bits per heavy atom. The molecule has 0 aromatic heterocycles. The summed E-state index contributed by atoms with van der Waals surface area (Å²) in [5, 5.41) is 12.7. The van der Waals surface area contributed by atoms with Gasteiger partial charge < -0.3 is 24.2 Å². The second-order valence-electron chi connectivity index (χ2n) is 10.1. The molecule has 7 nitrogen and oxygen atoms in total. The Balaban J connectivity index is 1.81. The molecule has 1 N–H and O–H groups in total. The van der Waals surface area contributed by atoms with Gasteiger partial charge in [-0.05, 0) is 37.9 Å². The summed E-state index contributed by atoms with van der Waals surface area (Å²) < 4.78 is 17.6. The maximum Gasteiger partial charge on any atom is 0.303 e. The number of hydrogen-bond donors (Lipinski definition) is 1. The van der Waals surface area contributed by atoms with E-state index in [0.29, 0.717) is 6.61 Å². The second kappa shape index (κ2) is 7.72. The molecule has 4 aliphatic rings. The summed E-state index contributed by atoms with van der Waals surface area (Å²) in [6.45, 7) is 7.89. The highest BCUT2D eigenvalue weighted by atomic mass is 16.6. The summed E-state index contributed by atoms with van der Waals surface area (Å²) in [7, 11) is 3.72. The molecule has 1 aromatic carbocycles. The molecule has 6 atom stereocenters.